The first-order valence-corrected chi connectivity index (χ1v) is 22.8. The fourth-order valence-corrected chi connectivity index (χ4v) is 11.7. The van der Waals surface area contributed by atoms with Crippen LogP contribution in [-0.2, 0) is 37.9 Å². The van der Waals surface area contributed by atoms with Gasteiger partial charge in [0.1, 0.15) is 29.4 Å². The number of nitrogens with two attached hydrogens (primary N) is 1. The highest BCUT2D eigenvalue weighted by Gasteiger charge is 2.51. The molecule has 5 aromatic rings. The Hall–Kier alpha value is -4.83. The van der Waals surface area contributed by atoms with Crippen LogP contribution < -0.4 is 26.5 Å². The molecule has 9 atom stereocenters. The number of anilines is 1. The lowest BCUT2D eigenvalue weighted by molar-refractivity contribution is -0.0789. The molecule has 5 heterocycles. The number of benzene rings is 2. The third kappa shape index (κ3) is 9.54. The fraction of sp³-hybridized carbons (Fsp3) is 0.371. The molecule has 0 amide bonds. The number of H-pyrrole nitrogens is 1. The molecule has 60 heavy (non-hydrogen) atoms. The molecule has 0 bridgehead atoms. The van der Waals surface area contributed by atoms with Crippen molar-refractivity contribution in [3.8, 4) is 11.5 Å². The number of alkyl halides is 2. The number of aromatic amines is 1. The predicted molar refractivity (Wildman–Crippen MR) is 209 cm³/mol. The van der Waals surface area contributed by atoms with Gasteiger partial charge in [0.15, 0.2) is 36.3 Å². The zero-order chi connectivity index (χ0) is 42.8. The largest absolute Gasteiger partial charge is 0.497 e. The van der Waals surface area contributed by atoms with Crippen molar-refractivity contribution in [3.05, 3.63) is 105 Å². The fourth-order valence-electron chi connectivity index (χ4n) is 6.43. The SMILES string of the molecule is COc1ccc(C(=O)Oc2ccc(CSP3(=O)C[C@H]4[C@@H](F)[C@H](n5ccc(=O)[nH]c5=O)O[C@@H]4COP(=O)(O)O[C@@H](n4cnc5c(N)ncnc54)[C@H](F)[C@H](OC)CO3)cc2)cc1. The van der Waals surface area contributed by atoms with Crippen LogP contribution in [0.25, 0.3) is 11.2 Å². The highest BCUT2D eigenvalue weighted by Crippen LogP contribution is 2.64. The number of halogens is 2. The number of carbonyl (C=O) groups excluding carboxylic acids is 1. The van der Waals surface area contributed by atoms with E-state index in [1.807, 2.05) is 4.98 Å². The van der Waals surface area contributed by atoms with E-state index in [0.717, 1.165) is 52.5 Å². The topological polar surface area (TPSA) is 261 Å². The number of carbonyl (C=O) groups is 1. The van der Waals surface area contributed by atoms with Crippen LogP contribution in [0, 0.1) is 5.92 Å². The third-order valence-corrected chi connectivity index (χ3v) is 15.1. The van der Waals surface area contributed by atoms with Crippen LogP contribution in [0.5, 0.6) is 11.5 Å². The van der Waals surface area contributed by atoms with Gasteiger partial charge in [-0.05, 0) is 42.0 Å². The second kappa shape index (κ2) is 18.0. The number of phosphoric ester groups is 1. The zero-order valence-corrected chi connectivity index (χ0v) is 34.1. The van der Waals surface area contributed by atoms with E-state index < -0.39 is 93.9 Å². The maximum Gasteiger partial charge on any atom is 0.474 e. The van der Waals surface area contributed by atoms with E-state index in [2.05, 4.69) is 15.0 Å². The molecule has 2 aromatic carbocycles. The summed E-state index contributed by atoms with van der Waals surface area (Å²) in [5.41, 5.74) is 4.89. The number of hydrogen-bond donors (Lipinski definition) is 3. The Morgan fingerprint density at radius 3 is 2.40 bits per heavy atom. The summed E-state index contributed by atoms with van der Waals surface area (Å²) in [7, 11) is -2.69. The molecule has 7 rings (SSSR count). The molecular weight excluding hydrogens is 858 g/mol. The lowest BCUT2D eigenvalue weighted by Crippen LogP contribution is -2.37. The lowest BCUT2D eigenvalue weighted by Gasteiger charge is -2.29. The van der Waals surface area contributed by atoms with Crippen LogP contribution in [0.2, 0.25) is 0 Å². The molecule has 2 aliphatic heterocycles. The number of nitrogen functional groups attached to an aromatic ring is 1. The molecule has 25 heteroatoms. The van der Waals surface area contributed by atoms with Gasteiger partial charge in [0.2, 0.25) is 0 Å². The van der Waals surface area contributed by atoms with Gasteiger partial charge in [-0.2, -0.15) is 0 Å². The quantitative estimate of drug-likeness (QED) is 0.106. The first-order chi connectivity index (χ1) is 28.7. The number of imidazole rings is 1. The van der Waals surface area contributed by atoms with Gasteiger partial charge in [-0.1, -0.05) is 23.5 Å². The highest BCUT2D eigenvalue weighted by atomic mass is 32.7. The smallest absolute Gasteiger partial charge is 0.474 e. The van der Waals surface area contributed by atoms with Crippen molar-refractivity contribution < 1.29 is 60.1 Å². The van der Waals surface area contributed by atoms with E-state index in [1.54, 1.807) is 36.4 Å². The number of ether oxygens (including phenoxy) is 4. The van der Waals surface area contributed by atoms with Crippen LogP contribution >= 0.6 is 25.8 Å². The van der Waals surface area contributed by atoms with Crippen molar-refractivity contribution in [2.24, 2.45) is 5.92 Å². The van der Waals surface area contributed by atoms with Gasteiger partial charge in [-0.3, -0.25) is 32.5 Å². The monoisotopic (exact) mass is 895 g/mol. The maximum atomic E-state index is 16.7. The number of fused-ring (bicyclic) bond motifs is 2. The summed E-state index contributed by atoms with van der Waals surface area (Å²) >= 11 is 0.773. The Kier molecular flexibility index (Phi) is 13.0. The summed E-state index contributed by atoms with van der Waals surface area (Å²) < 4.78 is 102. The zero-order valence-electron chi connectivity index (χ0n) is 31.5. The summed E-state index contributed by atoms with van der Waals surface area (Å²) in [6.07, 6.45) is -8.91. The van der Waals surface area contributed by atoms with Gasteiger partial charge >= 0.3 is 19.5 Å². The van der Waals surface area contributed by atoms with Crippen LogP contribution in [0.4, 0.5) is 14.6 Å². The van der Waals surface area contributed by atoms with Gasteiger partial charge < -0.3 is 34.1 Å². The van der Waals surface area contributed by atoms with E-state index in [4.69, 9.17) is 38.3 Å². The maximum absolute atomic E-state index is 16.7. The molecule has 320 valence electrons. The lowest BCUT2D eigenvalue weighted by atomic mass is 10.0. The van der Waals surface area contributed by atoms with Crippen molar-refractivity contribution >= 4 is 48.7 Å². The second-order valence-corrected chi connectivity index (χ2v) is 19.6. The molecule has 0 aliphatic carbocycles. The molecular formula is C35H37F2N7O13P2S. The van der Waals surface area contributed by atoms with E-state index in [1.165, 1.54) is 19.2 Å². The average molecular weight is 896 g/mol. The summed E-state index contributed by atoms with van der Waals surface area (Å²) in [6, 6.07) is 13.5. The minimum absolute atomic E-state index is 0.0131. The second-order valence-electron chi connectivity index (χ2n) is 13.4. The molecule has 4 N–H and O–H groups in total. The molecule has 0 radical (unpaired) electrons. The molecule has 20 nitrogen and oxygen atoms in total. The van der Waals surface area contributed by atoms with Gasteiger partial charge in [-0.25, -0.2) is 37.9 Å². The third-order valence-electron chi connectivity index (χ3n) is 9.59. The molecule has 2 fully saturated rings. The Labute approximate surface area is 342 Å². The molecule has 3 aromatic heterocycles. The van der Waals surface area contributed by atoms with Crippen LogP contribution in [-0.4, -0.2) is 98.1 Å². The predicted octanol–water partition coefficient (Wildman–Crippen LogP) is 4.18. The number of esters is 1. The minimum atomic E-state index is -5.30. The summed E-state index contributed by atoms with van der Waals surface area (Å²) in [5.74, 6) is -1.40. The van der Waals surface area contributed by atoms with Gasteiger partial charge in [-0.15, -0.1) is 0 Å². The van der Waals surface area contributed by atoms with Gasteiger partial charge in [0.05, 0.1) is 38.3 Å². The van der Waals surface area contributed by atoms with Crippen LogP contribution in [0.3, 0.4) is 0 Å². The van der Waals surface area contributed by atoms with Crippen molar-refractivity contribution in [1.82, 2.24) is 29.1 Å². The molecule has 0 saturated carbocycles. The number of nitrogens with one attached hydrogen (secondary N) is 1. The standard InChI is InChI=1S/C35H37F2N7O13P2S/c1-51-21-9-5-20(6-10-21)34(46)55-22-7-3-19(4-8-22)16-60-58(48)15-23-24(56-32(27(23)36)43-12-11-26(45)42-35(43)47)13-54-59(49,50)57-33(28(37)25(52-2)14-53-58)44-18-41-29-30(38)39-17-40-31(29)44/h3-12,17-18,23-25,27-28,32-33H,13-16H2,1-2H3,(H,49,50)(H2,38,39,40)(H,42,45,47)/t23-,24-,25-,27-,28-,32-,33-,58?/m1/s1. The first-order valence-electron chi connectivity index (χ1n) is 17.9. The Bertz CT molecular complexity index is 2550. The van der Waals surface area contributed by atoms with Gasteiger partial charge in [0, 0.05) is 37.2 Å². The van der Waals surface area contributed by atoms with E-state index in [0.29, 0.717) is 11.3 Å². The van der Waals surface area contributed by atoms with Crippen molar-refractivity contribution in [2.75, 3.05) is 39.3 Å². The minimum Gasteiger partial charge on any atom is -0.497 e. The highest BCUT2D eigenvalue weighted by molar-refractivity contribution is 8.56. The summed E-state index contributed by atoms with van der Waals surface area (Å²) in [5, 5.41) is 0. The Balaban J connectivity index is 1.18. The van der Waals surface area contributed by atoms with Crippen LogP contribution in [0.15, 0.2) is 83.0 Å². The van der Waals surface area contributed by atoms with Gasteiger partial charge in [0.25, 0.3) is 12.1 Å². The van der Waals surface area contributed by atoms with Crippen molar-refractivity contribution in [1.29, 1.82) is 0 Å². The van der Waals surface area contributed by atoms with E-state index >= 15 is 8.78 Å². The molecule has 2 saturated heterocycles. The average Bonchev–Trinajstić information content (AvgIpc) is 3.80. The number of aromatic nitrogens is 6. The Morgan fingerprint density at radius 2 is 1.70 bits per heavy atom. The first kappa shape index (κ1) is 43.3. The number of hydrogen-bond acceptors (Lipinski definition) is 17. The molecule has 0 spiro atoms. The normalized spacial score (nSPS) is 28.9. The van der Waals surface area contributed by atoms with E-state index in [9.17, 15) is 28.4 Å². The van der Waals surface area contributed by atoms with Crippen molar-refractivity contribution in [2.45, 2.75) is 42.8 Å². The van der Waals surface area contributed by atoms with Crippen molar-refractivity contribution in [3.63, 3.8) is 0 Å². The number of methoxy groups -OCH3 is 2. The van der Waals surface area contributed by atoms with Crippen LogP contribution in [0.1, 0.15) is 28.4 Å². The van der Waals surface area contributed by atoms with E-state index in [-0.39, 0.29) is 34.0 Å². The Morgan fingerprint density at radius 1 is 0.967 bits per heavy atom. The summed E-state index contributed by atoms with van der Waals surface area (Å²) in [4.78, 5) is 62.1. The summed E-state index contributed by atoms with van der Waals surface area (Å²) in [6.45, 7) is -5.81. The number of nitrogens with zero attached hydrogens (tertiary/aromatic N) is 5. The molecule has 2 unspecified atom stereocenters. The number of phosphoric acid groups is 1. The molecule has 2 aliphatic rings. The number of rotatable bonds is 9.